The third kappa shape index (κ3) is 4.27. The molecule has 1 saturated heterocycles. The van der Waals surface area contributed by atoms with Crippen molar-refractivity contribution in [2.24, 2.45) is 0 Å². The SMILES string of the molecule is CCc1ccccc1NC(=O)N1CCN(c2ccc(OC)cc2OC)CC1. The van der Waals surface area contributed by atoms with E-state index >= 15 is 0 Å². The fourth-order valence-electron chi connectivity index (χ4n) is 3.34. The van der Waals surface area contributed by atoms with Gasteiger partial charge < -0.3 is 24.6 Å². The van der Waals surface area contributed by atoms with Gasteiger partial charge in [0.2, 0.25) is 0 Å². The van der Waals surface area contributed by atoms with E-state index in [2.05, 4.69) is 17.1 Å². The van der Waals surface area contributed by atoms with Crippen LogP contribution in [-0.4, -0.2) is 51.3 Å². The lowest BCUT2D eigenvalue weighted by Crippen LogP contribution is -2.50. The predicted octanol–water partition coefficient (Wildman–Crippen LogP) is 3.62. The van der Waals surface area contributed by atoms with Gasteiger partial charge in [0.25, 0.3) is 0 Å². The molecule has 27 heavy (non-hydrogen) atoms. The lowest BCUT2D eigenvalue weighted by molar-refractivity contribution is 0.208. The number of ether oxygens (including phenoxy) is 2. The van der Waals surface area contributed by atoms with E-state index in [1.165, 1.54) is 0 Å². The second kappa shape index (κ2) is 8.66. The number of aryl methyl sites for hydroxylation is 1. The van der Waals surface area contributed by atoms with Gasteiger partial charge in [-0.1, -0.05) is 25.1 Å². The first-order chi connectivity index (χ1) is 13.2. The molecule has 1 aliphatic rings. The van der Waals surface area contributed by atoms with Gasteiger partial charge in [-0.05, 0) is 30.2 Å². The maximum atomic E-state index is 12.6. The average molecular weight is 369 g/mol. The van der Waals surface area contributed by atoms with Gasteiger partial charge in [-0.15, -0.1) is 0 Å². The second-order valence-corrected chi connectivity index (χ2v) is 6.45. The molecular weight excluding hydrogens is 342 g/mol. The van der Waals surface area contributed by atoms with Gasteiger partial charge in [0.1, 0.15) is 11.5 Å². The Hall–Kier alpha value is -2.89. The summed E-state index contributed by atoms with van der Waals surface area (Å²) in [5.74, 6) is 1.55. The zero-order valence-corrected chi connectivity index (χ0v) is 16.2. The van der Waals surface area contributed by atoms with Crippen LogP contribution in [0.25, 0.3) is 0 Å². The van der Waals surface area contributed by atoms with E-state index in [0.717, 1.165) is 47.9 Å². The van der Waals surface area contributed by atoms with E-state index < -0.39 is 0 Å². The zero-order valence-electron chi connectivity index (χ0n) is 16.2. The van der Waals surface area contributed by atoms with Crippen molar-refractivity contribution in [1.29, 1.82) is 0 Å². The molecule has 2 amide bonds. The van der Waals surface area contributed by atoms with Crippen LogP contribution >= 0.6 is 0 Å². The summed E-state index contributed by atoms with van der Waals surface area (Å²) in [7, 11) is 3.30. The van der Waals surface area contributed by atoms with Crippen LogP contribution in [0.4, 0.5) is 16.2 Å². The summed E-state index contributed by atoms with van der Waals surface area (Å²) >= 11 is 0. The molecule has 1 heterocycles. The summed E-state index contributed by atoms with van der Waals surface area (Å²) in [6.07, 6.45) is 0.890. The quantitative estimate of drug-likeness (QED) is 0.875. The molecule has 1 fully saturated rings. The molecule has 0 radical (unpaired) electrons. The third-order valence-corrected chi connectivity index (χ3v) is 4.93. The van der Waals surface area contributed by atoms with Crippen LogP contribution in [0.5, 0.6) is 11.5 Å². The molecule has 0 spiro atoms. The van der Waals surface area contributed by atoms with E-state index in [1.54, 1.807) is 14.2 Å². The highest BCUT2D eigenvalue weighted by Crippen LogP contribution is 2.32. The molecule has 0 saturated carbocycles. The topological polar surface area (TPSA) is 54.0 Å². The normalized spacial score (nSPS) is 14.0. The molecular formula is C21H27N3O3. The number of hydrogen-bond acceptors (Lipinski definition) is 4. The van der Waals surface area contributed by atoms with Gasteiger partial charge in [0.15, 0.2) is 0 Å². The average Bonchev–Trinajstić information content (AvgIpc) is 2.73. The Morgan fingerprint density at radius 3 is 2.44 bits per heavy atom. The maximum absolute atomic E-state index is 12.6. The van der Waals surface area contributed by atoms with Gasteiger partial charge in [0.05, 0.1) is 19.9 Å². The van der Waals surface area contributed by atoms with Crippen molar-refractivity contribution in [1.82, 2.24) is 4.90 Å². The molecule has 6 nitrogen and oxygen atoms in total. The summed E-state index contributed by atoms with van der Waals surface area (Å²) in [5, 5.41) is 3.05. The van der Waals surface area contributed by atoms with Gasteiger partial charge in [-0.2, -0.15) is 0 Å². The smallest absolute Gasteiger partial charge is 0.321 e. The molecule has 6 heteroatoms. The van der Waals surface area contributed by atoms with Crippen LogP contribution in [-0.2, 0) is 6.42 Å². The van der Waals surface area contributed by atoms with E-state index in [-0.39, 0.29) is 6.03 Å². The standard InChI is InChI=1S/C21H27N3O3/c1-4-16-7-5-6-8-18(16)22-21(25)24-13-11-23(12-14-24)19-10-9-17(26-2)15-20(19)27-3/h5-10,15H,4,11-14H2,1-3H3,(H,22,25). The van der Waals surface area contributed by atoms with Crippen molar-refractivity contribution in [3.05, 3.63) is 48.0 Å². The fourth-order valence-corrected chi connectivity index (χ4v) is 3.34. The Bertz CT molecular complexity index is 786. The number of carbonyl (C=O) groups excluding carboxylic acids is 1. The number of piperazine rings is 1. The summed E-state index contributed by atoms with van der Waals surface area (Å²) < 4.78 is 10.8. The van der Waals surface area contributed by atoms with Crippen LogP contribution in [0.3, 0.4) is 0 Å². The van der Waals surface area contributed by atoms with Crippen molar-refractivity contribution in [3.63, 3.8) is 0 Å². The first kappa shape index (κ1) is 18.9. The number of methoxy groups -OCH3 is 2. The fraction of sp³-hybridized carbons (Fsp3) is 0.381. The number of nitrogens with one attached hydrogen (secondary N) is 1. The molecule has 1 aliphatic heterocycles. The number of nitrogens with zero attached hydrogens (tertiary/aromatic N) is 2. The summed E-state index contributed by atoms with van der Waals surface area (Å²) in [5.41, 5.74) is 3.06. The molecule has 0 unspecified atom stereocenters. The van der Waals surface area contributed by atoms with Crippen LogP contribution in [0.15, 0.2) is 42.5 Å². The Balaban J connectivity index is 1.62. The number of anilines is 2. The number of urea groups is 1. The monoisotopic (exact) mass is 369 g/mol. The molecule has 1 N–H and O–H groups in total. The predicted molar refractivity (Wildman–Crippen MR) is 108 cm³/mol. The van der Waals surface area contributed by atoms with Crippen molar-refractivity contribution in [2.45, 2.75) is 13.3 Å². The molecule has 0 aliphatic carbocycles. The highest BCUT2D eigenvalue weighted by atomic mass is 16.5. The Kier molecular flexibility index (Phi) is 6.06. The van der Waals surface area contributed by atoms with Crippen LogP contribution < -0.4 is 19.7 Å². The van der Waals surface area contributed by atoms with Gasteiger partial charge in [-0.3, -0.25) is 0 Å². The van der Waals surface area contributed by atoms with Gasteiger partial charge in [0, 0.05) is 37.9 Å². The number of benzene rings is 2. The minimum absolute atomic E-state index is 0.0442. The Labute approximate surface area is 160 Å². The lowest BCUT2D eigenvalue weighted by Gasteiger charge is -2.36. The maximum Gasteiger partial charge on any atom is 0.321 e. The Morgan fingerprint density at radius 2 is 1.78 bits per heavy atom. The van der Waals surface area contributed by atoms with Gasteiger partial charge in [-0.25, -0.2) is 4.79 Å². The van der Waals surface area contributed by atoms with Crippen LogP contribution in [0.2, 0.25) is 0 Å². The van der Waals surface area contributed by atoms with Gasteiger partial charge >= 0.3 is 6.03 Å². The minimum atomic E-state index is -0.0442. The van der Waals surface area contributed by atoms with E-state index in [1.807, 2.05) is 47.4 Å². The summed E-state index contributed by atoms with van der Waals surface area (Å²) in [4.78, 5) is 16.7. The summed E-state index contributed by atoms with van der Waals surface area (Å²) in [6, 6.07) is 13.7. The van der Waals surface area contributed by atoms with E-state index in [0.29, 0.717) is 13.1 Å². The largest absolute Gasteiger partial charge is 0.497 e. The highest BCUT2D eigenvalue weighted by molar-refractivity contribution is 5.90. The first-order valence-corrected chi connectivity index (χ1v) is 9.27. The van der Waals surface area contributed by atoms with Crippen molar-refractivity contribution < 1.29 is 14.3 Å². The van der Waals surface area contributed by atoms with Crippen molar-refractivity contribution in [2.75, 3.05) is 50.6 Å². The second-order valence-electron chi connectivity index (χ2n) is 6.45. The zero-order chi connectivity index (χ0) is 19.2. The number of amides is 2. The molecule has 0 aromatic heterocycles. The minimum Gasteiger partial charge on any atom is -0.497 e. The number of para-hydroxylation sites is 1. The molecule has 0 atom stereocenters. The number of carbonyl (C=O) groups is 1. The number of hydrogen-bond donors (Lipinski definition) is 1. The molecule has 2 aromatic rings. The van der Waals surface area contributed by atoms with E-state index in [9.17, 15) is 4.79 Å². The van der Waals surface area contributed by atoms with Crippen molar-refractivity contribution >= 4 is 17.4 Å². The molecule has 2 aromatic carbocycles. The van der Waals surface area contributed by atoms with Crippen LogP contribution in [0.1, 0.15) is 12.5 Å². The third-order valence-electron chi connectivity index (χ3n) is 4.93. The highest BCUT2D eigenvalue weighted by Gasteiger charge is 2.23. The number of rotatable bonds is 5. The molecule has 144 valence electrons. The molecule has 3 rings (SSSR count). The van der Waals surface area contributed by atoms with Crippen molar-refractivity contribution in [3.8, 4) is 11.5 Å². The van der Waals surface area contributed by atoms with Crippen LogP contribution in [0, 0.1) is 0 Å². The first-order valence-electron chi connectivity index (χ1n) is 9.27. The lowest BCUT2D eigenvalue weighted by atomic mass is 10.1. The Morgan fingerprint density at radius 1 is 1.04 bits per heavy atom. The molecule has 0 bridgehead atoms. The van der Waals surface area contributed by atoms with E-state index in [4.69, 9.17) is 9.47 Å². The summed E-state index contributed by atoms with van der Waals surface area (Å²) in [6.45, 7) is 4.92.